The highest BCUT2D eigenvalue weighted by Gasteiger charge is 2.44. The maximum absolute atomic E-state index is 12.8. The summed E-state index contributed by atoms with van der Waals surface area (Å²) in [5.41, 5.74) is -0.268. The summed E-state index contributed by atoms with van der Waals surface area (Å²) in [6, 6.07) is 5.60. The van der Waals surface area contributed by atoms with Gasteiger partial charge in [-0.2, -0.15) is 13.2 Å². The van der Waals surface area contributed by atoms with Gasteiger partial charge in [-0.3, -0.25) is 4.79 Å². The molecule has 2 fully saturated rings. The largest absolute Gasteiger partial charge is 0.416 e. The normalized spacial score (nSPS) is 26.9. The fourth-order valence-electron chi connectivity index (χ4n) is 4.38. The minimum atomic E-state index is -4.37. The molecule has 1 aromatic rings. The number of benzene rings is 1. The van der Waals surface area contributed by atoms with Gasteiger partial charge in [0, 0.05) is 19.1 Å². The number of carbonyl (C=O) groups is 1. The quantitative estimate of drug-likeness (QED) is 0.844. The molecule has 6 heteroatoms. The summed E-state index contributed by atoms with van der Waals surface area (Å²) in [4.78, 5) is 16.7. The topological polar surface area (TPSA) is 23.6 Å². The Hall–Kier alpha value is -1.56. The van der Waals surface area contributed by atoms with Crippen molar-refractivity contribution in [3.05, 3.63) is 35.4 Å². The summed E-state index contributed by atoms with van der Waals surface area (Å²) in [5, 5.41) is 0. The van der Waals surface area contributed by atoms with Crippen LogP contribution in [0.2, 0.25) is 0 Å². The Labute approximate surface area is 140 Å². The Balaban J connectivity index is 1.67. The molecule has 2 aliphatic rings. The van der Waals surface area contributed by atoms with Crippen LogP contribution in [0.1, 0.15) is 24.0 Å². The molecule has 2 bridgehead atoms. The van der Waals surface area contributed by atoms with E-state index in [0.717, 1.165) is 38.1 Å². The number of nitrogens with zero attached hydrogens (tertiary/aromatic N) is 2. The second kappa shape index (κ2) is 6.39. The molecule has 1 amide bonds. The number of rotatable bonds is 3. The average Bonchev–Trinajstić information content (AvgIpc) is 2.77. The van der Waals surface area contributed by atoms with Crippen LogP contribution in [0, 0.1) is 11.8 Å². The smallest absolute Gasteiger partial charge is 0.342 e. The van der Waals surface area contributed by atoms with Gasteiger partial charge in [-0.05, 0) is 50.4 Å². The Kier molecular flexibility index (Phi) is 4.60. The van der Waals surface area contributed by atoms with E-state index in [0.29, 0.717) is 23.4 Å². The van der Waals surface area contributed by atoms with E-state index in [1.165, 1.54) is 6.07 Å². The molecule has 3 atom stereocenters. The summed E-state index contributed by atoms with van der Waals surface area (Å²) in [5.74, 6) is 0.886. The second-order valence-electron chi connectivity index (χ2n) is 7.23. The number of piperidine rings is 1. The first-order valence-corrected chi connectivity index (χ1v) is 8.36. The molecule has 1 aromatic carbocycles. The van der Waals surface area contributed by atoms with Crippen LogP contribution in [0.4, 0.5) is 13.2 Å². The van der Waals surface area contributed by atoms with Crippen LogP contribution in [0.25, 0.3) is 0 Å². The Bertz CT molecular complexity index is 601. The molecule has 3 rings (SSSR count). The van der Waals surface area contributed by atoms with Crippen LogP contribution in [0.15, 0.2) is 24.3 Å². The number of alkyl halides is 3. The van der Waals surface area contributed by atoms with Crippen molar-refractivity contribution in [3.8, 4) is 0 Å². The minimum Gasteiger partial charge on any atom is -0.342 e. The zero-order valence-electron chi connectivity index (χ0n) is 14.0. The third-order valence-corrected chi connectivity index (χ3v) is 5.34. The molecule has 1 unspecified atom stereocenters. The Morgan fingerprint density at radius 2 is 1.83 bits per heavy atom. The van der Waals surface area contributed by atoms with Crippen LogP contribution in [0.5, 0.6) is 0 Å². The van der Waals surface area contributed by atoms with Crippen molar-refractivity contribution < 1.29 is 18.0 Å². The highest BCUT2D eigenvalue weighted by atomic mass is 19.4. The lowest BCUT2D eigenvalue weighted by Crippen LogP contribution is -2.52. The van der Waals surface area contributed by atoms with Gasteiger partial charge in [0.05, 0.1) is 12.0 Å². The zero-order valence-corrected chi connectivity index (χ0v) is 14.0. The van der Waals surface area contributed by atoms with Gasteiger partial charge in [-0.15, -0.1) is 0 Å². The van der Waals surface area contributed by atoms with Crippen molar-refractivity contribution in [3.63, 3.8) is 0 Å². The zero-order chi connectivity index (χ0) is 17.5. The maximum atomic E-state index is 12.8. The fraction of sp³-hybridized carbons (Fsp3) is 0.611. The SMILES string of the molecule is CN(C)C1[C@@H]2CC[C@H]1CN(C(=O)Cc1cccc(C(F)(F)F)c1)C2. The number of halogens is 3. The first-order valence-electron chi connectivity index (χ1n) is 8.36. The molecular formula is C18H23F3N2O. The van der Waals surface area contributed by atoms with Crippen molar-refractivity contribution in [1.82, 2.24) is 9.80 Å². The number of fused-ring (bicyclic) bond motifs is 2. The molecule has 0 spiro atoms. The van der Waals surface area contributed by atoms with E-state index in [2.05, 4.69) is 19.0 Å². The fourth-order valence-corrected chi connectivity index (χ4v) is 4.38. The molecule has 1 saturated carbocycles. The highest BCUT2D eigenvalue weighted by Crippen LogP contribution is 2.39. The predicted molar refractivity (Wildman–Crippen MR) is 85.4 cm³/mol. The van der Waals surface area contributed by atoms with Crippen molar-refractivity contribution in [1.29, 1.82) is 0 Å². The maximum Gasteiger partial charge on any atom is 0.416 e. The van der Waals surface area contributed by atoms with Crippen LogP contribution in [-0.2, 0) is 17.4 Å². The van der Waals surface area contributed by atoms with Crippen molar-refractivity contribution in [2.24, 2.45) is 11.8 Å². The summed E-state index contributed by atoms with van der Waals surface area (Å²) >= 11 is 0. The minimum absolute atomic E-state index is 0.0377. The van der Waals surface area contributed by atoms with E-state index in [9.17, 15) is 18.0 Å². The average molecular weight is 340 g/mol. The lowest BCUT2D eigenvalue weighted by molar-refractivity contribution is -0.138. The molecular weight excluding hydrogens is 317 g/mol. The summed E-state index contributed by atoms with van der Waals surface area (Å²) in [7, 11) is 4.16. The number of likely N-dealkylation sites (tertiary alicyclic amines) is 1. The van der Waals surface area contributed by atoms with E-state index in [-0.39, 0.29) is 12.3 Å². The third kappa shape index (κ3) is 3.43. The van der Waals surface area contributed by atoms with Crippen LogP contribution in [0.3, 0.4) is 0 Å². The summed E-state index contributed by atoms with van der Waals surface area (Å²) in [6.45, 7) is 1.44. The number of carbonyl (C=O) groups excluding carboxylic acids is 1. The van der Waals surface area contributed by atoms with E-state index in [4.69, 9.17) is 0 Å². The van der Waals surface area contributed by atoms with Gasteiger partial charge in [-0.1, -0.05) is 18.2 Å². The molecule has 24 heavy (non-hydrogen) atoms. The number of hydrogen-bond acceptors (Lipinski definition) is 2. The second-order valence-corrected chi connectivity index (χ2v) is 7.23. The monoisotopic (exact) mass is 340 g/mol. The molecule has 1 saturated heterocycles. The molecule has 132 valence electrons. The molecule has 0 radical (unpaired) electrons. The van der Waals surface area contributed by atoms with Gasteiger partial charge in [0.25, 0.3) is 0 Å². The molecule has 3 nitrogen and oxygen atoms in total. The van der Waals surface area contributed by atoms with Gasteiger partial charge in [0.15, 0.2) is 0 Å². The molecule has 1 aliphatic heterocycles. The first-order chi connectivity index (χ1) is 11.3. The van der Waals surface area contributed by atoms with E-state index in [1.54, 1.807) is 6.07 Å². The Morgan fingerprint density at radius 3 is 2.38 bits per heavy atom. The molecule has 1 aliphatic carbocycles. The van der Waals surface area contributed by atoms with Crippen molar-refractivity contribution >= 4 is 5.91 Å². The number of amides is 1. The van der Waals surface area contributed by atoms with Crippen molar-refractivity contribution in [2.75, 3.05) is 27.2 Å². The summed E-state index contributed by atoms with van der Waals surface area (Å²) in [6.07, 6.45) is -2.08. The van der Waals surface area contributed by atoms with Gasteiger partial charge >= 0.3 is 6.18 Å². The molecule has 0 N–H and O–H groups in total. The van der Waals surface area contributed by atoms with Crippen molar-refractivity contribution in [2.45, 2.75) is 31.5 Å². The van der Waals surface area contributed by atoms with Gasteiger partial charge < -0.3 is 9.80 Å². The van der Waals surface area contributed by atoms with Gasteiger partial charge in [-0.25, -0.2) is 0 Å². The Morgan fingerprint density at radius 1 is 1.21 bits per heavy atom. The lowest BCUT2D eigenvalue weighted by Gasteiger charge is -2.41. The number of hydrogen-bond donors (Lipinski definition) is 0. The van der Waals surface area contributed by atoms with E-state index >= 15 is 0 Å². The van der Waals surface area contributed by atoms with E-state index < -0.39 is 11.7 Å². The standard InChI is InChI=1S/C18H23F3N2O/c1-22(2)17-13-6-7-14(17)11-23(10-13)16(24)9-12-4-3-5-15(8-12)18(19,20)21/h3-5,8,13-14,17H,6-7,9-11H2,1-2H3/t13-,14+,17?. The van der Waals surface area contributed by atoms with E-state index in [1.807, 2.05) is 4.90 Å². The predicted octanol–water partition coefficient (Wildman–Crippen LogP) is 3.05. The van der Waals surface area contributed by atoms with Crippen LogP contribution >= 0.6 is 0 Å². The van der Waals surface area contributed by atoms with Crippen LogP contribution < -0.4 is 0 Å². The highest BCUT2D eigenvalue weighted by molar-refractivity contribution is 5.79. The lowest BCUT2D eigenvalue weighted by atomic mass is 9.91. The summed E-state index contributed by atoms with van der Waals surface area (Å²) < 4.78 is 38.4. The molecule has 0 aromatic heterocycles. The molecule has 1 heterocycles. The first kappa shape index (κ1) is 17.3. The van der Waals surface area contributed by atoms with Gasteiger partial charge in [0.2, 0.25) is 5.91 Å². The van der Waals surface area contributed by atoms with Gasteiger partial charge in [0.1, 0.15) is 0 Å². The van der Waals surface area contributed by atoms with Crippen LogP contribution in [-0.4, -0.2) is 48.9 Å². The third-order valence-electron chi connectivity index (χ3n) is 5.34.